The van der Waals surface area contributed by atoms with Crippen molar-refractivity contribution in [1.82, 2.24) is 5.32 Å². The second kappa shape index (κ2) is 6.91. The molecule has 0 unspecified atom stereocenters. The Kier molecular flexibility index (Phi) is 5.21. The molecule has 0 aliphatic heterocycles. The molecule has 0 amide bonds. The highest BCUT2D eigenvalue weighted by atomic mass is 32.1. The number of nitrogens with one attached hydrogen (secondary N) is 1. The van der Waals surface area contributed by atoms with Gasteiger partial charge in [-0.25, -0.2) is 0 Å². The fourth-order valence-corrected chi connectivity index (χ4v) is 3.21. The maximum absolute atomic E-state index is 3.53. The smallest absolute Gasteiger partial charge is 0.0369 e. The molecule has 0 bridgehead atoms. The van der Waals surface area contributed by atoms with Crippen molar-refractivity contribution in [3.63, 3.8) is 0 Å². The van der Waals surface area contributed by atoms with Crippen LogP contribution in [-0.4, -0.2) is 20.1 Å². The van der Waals surface area contributed by atoms with E-state index in [1.54, 1.807) is 0 Å². The van der Waals surface area contributed by atoms with Gasteiger partial charge in [-0.2, -0.15) is 0 Å². The summed E-state index contributed by atoms with van der Waals surface area (Å²) >= 11 is 1.83. The number of benzene rings is 1. The van der Waals surface area contributed by atoms with E-state index in [1.807, 2.05) is 11.3 Å². The third-order valence-electron chi connectivity index (χ3n) is 3.52. The van der Waals surface area contributed by atoms with Crippen molar-refractivity contribution >= 4 is 17.0 Å². The number of hydrogen-bond donors (Lipinski definition) is 1. The molecule has 3 heteroatoms. The Hall–Kier alpha value is -1.32. The van der Waals surface area contributed by atoms with Gasteiger partial charge in [-0.1, -0.05) is 6.07 Å². The van der Waals surface area contributed by atoms with Crippen LogP contribution in [-0.2, 0) is 6.54 Å². The van der Waals surface area contributed by atoms with Crippen LogP contribution < -0.4 is 10.2 Å². The molecule has 0 spiro atoms. The molecule has 0 fully saturated rings. The summed E-state index contributed by atoms with van der Waals surface area (Å²) in [6.45, 7) is 9.48. The van der Waals surface area contributed by atoms with Gasteiger partial charge in [0.25, 0.3) is 0 Å². The maximum atomic E-state index is 3.53. The lowest BCUT2D eigenvalue weighted by atomic mass is 10.1. The number of rotatable bonds is 6. The minimum absolute atomic E-state index is 0.976. The van der Waals surface area contributed by atoms with Crippen molar-refractivity contribution in [2.45, 2.75) is 27.3 Å². The van der Waals surface area contributed by atoms with E-state index in [9.17, 15) is 0 Å². The third-order valence-corrected chi connectivity index (χ3v) is 4.55. The summed E-state index contributed by atoms with van der Waals surface area (Å²) in [5.74, 6) is 0. The van der Waals surface area contributed by atoms with E-state index in [2.05, 4.69) is 67.7 Å². The lowest BCUT2D eigenvalue weighted by Crippen LogP contribution is -2.28. The van der Waals surface area contributed by atoms with Gasteiger partial charge in [-0.15, -0.1) is 11.3 Å². The molecule has 0 aliphatic carbocycles. The van der Waals surface area contributed by atoms with Crippen molar-refractivity contribution in [2.24, 2.45) is 0 Å². The number of anilines is 1. The summed E-state index contributed by atoms with van der Waals surface area (Å²) in [5, 5.41) is 5.69. The normalized spacial score (nSPS) is 10.8. The Bertz CT molecular complexity index is 540. The molecule has 2 aromatic rings. The molecule has 108 valence electrons. The van der Waals surface area contributed by atoms with Gasteiger partial charge in [0, 0.05) is 37.2 Å². The molecule has 0 saturated heterocycles. The highest BCUT2D eigenvalue weighted by Gasteiger charge is 2.03. The van der Waals surface area contributed by atoms with Gasteiger partial charge in [-0.05, 0) is 61.0 Å². The van der Waals surface area contributed by atoms with Crippen molar-refractivity contribution in [3.8, 4) is 0 Å². The van der Waals surface area contributed by atoms with Crippen LogP contribution >= 0.6 is 11.3 Å². The highest BCUT2D eigenvalue weighted by Crippen LogP contribution is 2.17. The van der Waals surface area contributed by atoms with E-state index >= 15 is 0 Å². The molecule has 0 atom stereocenters. The van der Waals surface area contributed by atoms with Gasteiger partial charge in [0.05, 0.1) is 0 Å². The largest absolute Gasteiger partial charge is 0.373 e. The van der Waals surface area contributed by atoms with Crippen LogP contribution in [0.5, 0.6) is 0 Å². The summed E-state index contributed by atoms with van der Waals surface area (Å²) < 4.78 is 0. The van der Waals surface area contributed by atoms with Crippen LogP contribution in [0.2, 0.25) is 0 Å². The van der Waals surface area contributed by atoms with E-state index in [-0.39, 0.29) is 0 Å². The fourth-order valence-electron chi connectivity index (χ4n) is 2.33. The Labute approximate surface area is 126 Å². The summed E-state index contributed by atoms with van der Waals surface area (Å²) in [6, 6.07) is 8.89. The molecule has 2 nitrogen and oxygen atoms in total. The van der Waals surface area contributed by atoms with Gasteiger partial charge in [-0.3, -0.25) is 0 Å². The number of likely N-dealkylation sites (N-methyl/N-ethyl adjacent to an activating group) is 1. The van der Waals surface area contributed by atoms with Crippen LogP contribution in [0.4, 0.5) is 5.69 Å². The Morgan fingerprint density at radius 2 is 1.80 bits per heavy atom. The van der Waals surface area contributed by atoms with E-state index in [0.717, 1.165) is 19.6 Å². The minimum atomic E-state index is 0.976. The Morgan fingerprint density at radius 3 is 2.40 bits per heavy atom. The van der Waals surface area contributed by atoms with Crippen molar-refractivity contribution in [1.29, 1.82) is 0 Å². The monoisotopic (exact) mass is 288 g/mol. The Morgan fingerprint density at radius 1 is 1.10 bits per heavy atom. The number of aryl methyl sites for hydroxylation is 3. The molecular weight excluding hydrogens is 264 g/mol. The standard InChI is InChI=1S/C17H24N2S/c1-13-9-14(2)11-16(10-13)19(4)7-6-18-12-17-15(3)5-8-20-17/h5,8-11,18H,6-7,12H2,1-4H3. The zero-order valence-electron chi connectivity index (χ0n) is 12.9. The van der Waals surface area contributed by atoms with E-state index in [1.165, 1.54) is 27.3 Å². The van der Waals surface area contributed by atoms with Crippen molar-refractivity contribution in [3.05, 3.63) is 51.2 Å². The average Bonchev–Trinajstić information content (AvgIpc) is 2.79. The van der Waals surface area contributed by atoms with Gasteiger partial charge in [0.15, 0.2) is 0 Å². The third kappa shape index (κ3) is 4.09. The summed E-state index contributed by atoms with van der Waals surface area (Å²) in [7, 11) is 2.16. The second-order valence-electron chi connectivity index (χ2n) is 5.47. The van der Waals surface area contributed by atoms with Crippen LogP contribution in [0.3, 0.4) is 0 Å². The first-order valence-corrected chi connectivity index (χ1v) is 7.97. The van der Waals surface area contributed by atoms with E-state index in [4.69, 9.17) is 0 Å². The molecule has 1 aromatic heterocycles. The first-order valence-electron chi connectivity index (χ1n) is 7.09. The second-order valence-corrected chi connectivity index (χ2v) is 6.47. The number of thiophene rings is 1. The molecule has 0 aliphatic rings. The lowest BCUT2D eigenvalue weighted by Gasteiger charge is -2.20. The zero-order chi connectivity index (χ0) is 14.5. The average molecular weight is 288 g/mol. The summed E-state index contributed by atoms with van der Waals surface area (Å²) in [6.07, 6.45) is 0. The van der Waals surface area contributed by atoms with Gasteiger partial charge in [0.1, 0.15) is 0 Å². The van der Waals surface area contributed by atoms with Crippen molar-refractivity contribution in [2.75, 3.05) is 25.0 Å². The molecule has 1 aromatic carbocycles. The Balaban J connectivity index is 1.80. The van der Waals surface area contributed by atoms with Crippen molar-refractivity contribution < 1.29 is 0 Å². The van der Waals surface area contributed by atoms with E-state index < -0.39 is 0 Å². The maximum Gasteiger partial charge on any atom is 0.0369 e. The summed E-state index contributed by atoms with van der Waals surface area (Å²) in [5.41, 5.74) is 5.35. The highest BCUT2D eigenvalue weighted by molar-refractivity contribution is 7.10. The zero-order valence-corrected chi connectivity index (χ0v) is 13.7. The van der Waals surface area contributed by atoms with Crippen LogP contribution in [0.25, 0.3) is 0 Å². The molecular formula is C17H24N2S. The minimum Gasteiger partial charge on any atom is -0.373 e. The quantitative estimate of drug-likeness (QED) is 0.811. The topological polar surface area (TPSA) is 15.3 Å². The number of nitrogens with zero attached hydrogens (tertiary/aromatic N) is 1. The SMILES string of the molecule is Cc1cc(C)cc(N(C)CCNCc2sccc2C)c1. The number of hydrogen-bond acceptors (Lipinski definition) is 3. The van der Waals surface area contributed by atoms with E-state index in [0.29, 0.717) is 0 Å². The fraction of sp³-hybridized carbons (Fsp3) is 0.412. The van der Waals surface area contributed by atoms with Crippen LogP contribution in [0, 0.1) is 20.8 Å². The molecule has 0 radical (unpaired) electrons. The molecule has 1 heterocycles. The summed E-state index contributed by atoms with van der Waals surface area (Å²) in [4.78, 5) is 3.76. The van der Waals surface area contributed by atoms with Gasteiger partial charge >= 0.3 is 0 Å². The van der Waals surface area contributed by atoms with Gasteiger partial charge in [0.2, 0.25) is 0 Å². The van der Waals surface area contributed by atoms with Crippen LogP contribution in [0.1, 0.15) is 21.6 Å². The first-order chi connectivity index (χ1) is 9.56. The van der Waals surface area contributed by atoms with Crippen LogP contribution in [0.15, 0.2) is 29.6 Å². The first kappa shape index (κ1) is 15.1. The van der Waals surface area contributed by atoms with Gasteiger partial charge < -0.3 is 10.2 Å². The lowest BCUT2D eigenvalue weighted by molar-refractivity contribution is 0.684. The molecule has 2 rings (SSSR count). The predicted molar refractivity (Wildman–Crippen MR) is 89.9 cm³/mol. The molecule has 0 saturated carbocycles. The molecule has 20 heavy (non-hydrogen) atoms. The molecule has 1 N–H and O–H groups in total. The predicted octanol–water partition coefficient (Wildman–Crippen LogP) is 3.90.